The quantitative estimate of drug-likeness (QED) is 0.159. The number of thiophene rings is 1. The molecule has 0 fully saturated rings. The molecule has 5 aliphatic rings. The van der Waals surface area contributed by atoms with Crippen LogP contribution in [0.25, 0.3) is 20.2 Å². The Morgan fingerprint density at radius 3 is 1.38 bits per heavy atom. The van der Waals surface area contributed by atoms with Crippen LogP contribution in [0.5, 0.6) is 0 Å². The smallest absolute Gasteiger partial charge is 0.254 e. The molecule has 90 heavy (non-hydrogen) atoms. The highest BCUT2D eigenvalue weighted by Gasteiger charge is 2.50. The fourth-order valence-electron chi connectivity index (χ4n) is 17.0. The van der Waals surface area contributed by atoms with Crippen LogP contribution in [0.3, 0.4) is 0 Å². The molecule has 0 saturated heterocycles. The molecule has 0 unspecified atom stereocenters. The average Bonchev–Trinajstić information content (AvgIpc) is 0.936. The van der Waals surface area contributed by atoms with Crippen molar-refractivity contribution in [1.82, 2.24) is 0 Å². The van der Waals surface area contributed by atoms with Crippen molar-refractivity contribution in [3.63, 3.8) is 0 Å². The number of nitrogens with zero attached hydrogens (tertiary/aromatic N) is 3. The van der Waals surface area contributed by atoms with E-state index in [-0.39, 0.29) is 55.4 Å². The number of benzene rings is 8. The lowest BCUT2D eigenvalue weighted by Gasteiger charge is -2.49. The van der Waals surface area contributed by atoms with Crippen molar-refractivity contribution >= 4 is 106 Å². The van der Waals surface area contributed by atoms with Gasteiger partial charge in [0.1, 0.15) is 0 Å². The molecule has 14 rings (SSSR count). The predicted octanol–water partition coefficient (Wildman–Crippen LogP) is 22.9. The van der Waals surface area contributed by atoms with Crippen molar-refractivity contribution in [3.05, 3.63) is 189 Å². The summed E-state index contributed by atoms with van der Waals surface area (Å²) in [5.41, 5.74) is 29.6. The molecule has 0 radical (unpaired) electrons. The van der Waals surface area contributed by atoms with E-state index in [0.29, 0.717) is 0 Å². The molecular weight excluding hydrogens is 1110 g/mol. The standard InChI is InChI=1S/C85H100BN3S/c1-51-44-61-64(84(19,20)42-40-81(61,13)14)49-68(51)89-67-37-35-58-73-60(79(8,9)10)24-23-25-72(73)90-76(58)75(67)86-66-48-63-65(85(21,22)43-41-83(63,17)18)50-69(66)88(56-34-36-59-62(45-56)82(15,16)39-38-80(59,11)12)70-46-57(47-71(89)74(70)86)87(54-30-26-52(27-31-54)77(2,3)4)55-32-28-53(29-33-55)78(5,6)7/h23-37,44-50H,38-43H2,1-22H3. The van der Waals surface area contributed by atoms with Crippen LogP contribution in [0.15, 0.2) is 133 Å². The summed E-state index contributed by atoms with van der Waals surface area (Å²) < 4.78 is 2.77. The maximum atomic E-state index is 2.78. The van der Waals surface area contributed by atoms with Crippen molar-refractivity contribution in [3.8, 4) is 0 Å². The highest BCUT2D eigenvalue weighted by molar-refractivity contribution is 7.28. The first-order valence-electron chi connectivity index (χ1n) is 34.2. The Morgan fingerprint density at radius 1 is 0.400 bits per heavy atom. The number of aryl methyl sites for hydroxylation is 1. The molecule has 464 valence electrons. The van der Waals surface area contributed by atoms with Crippen LogP contribution in [-0.4, -0.2) is 6.71 Å². The lowest BCUT2D eigenvalue weighted by molar-refractivity contribution is 0.332. The fraction of sp³-hybridized carbons (Fsp3) is 0.435. The molecule has 0 spiro atoms. The normalized spacial score (nSPS) is 19.0. The molecule has 0 atom stereocenters. The van der Waals surface area contributed by atoms with E-state index < -0.39 is 0 Å². The molecule has 0 bridgehead atoms. The lowest BCUT2D eigenvalue weighted by Crippen LogP contribution is -2.62. The molecule has 1 aromatic heterocycles. The van der Waals surface area contributed by atoms with E-state index in [1.807, 2.05) is 11.3 Å². The van der Waals surface area contributed by atoms with Gasteiger partial charge >= 0.3 is 0 Å². The van der Waals surface area contributed by atoms with Crippen molar-refractivity contribution in [2.24, 2.45) is 0 Å². The number of anilines is 9. The van der Waals surface area contributed by atoms with Gasteiger partial charge in [0, 0.05) is 65.7 Å². The van der Waals surface area contributed by atoms with Gasteiger partial charge in [0.05, 0.1) is 5.69 Å². The number of rotatable bonds is 5. The van der Waals surface area contributed by atoms with E-state index >= 15 is 0 Å². The molecule has 5 heteroatoms. The second-order valence-electron chi connectivity index (χ2n) is 35.5. The third-order valence-corrected chi connectivity index (χ3v) is 24.4. The molecule has 0 N–H and O–H groups in total. The first-order valence-corrected chi connectivity index (χ1v) is 35.0. The summed E-state index contributed by atoms with van der Waals surface area (Å²) in [4.78, 5) is 8.15. The van der Waals surface area contributed by atoms with Gasteiger partial charge < -0.3 is 14.7 Å². The highest BCUT2D eigenvalue weighted by Crippen LogP contribution is 2.57. The SMILES string of the molecule is Cc1cc2c(cc1N1c3cc(N(c4ccc(C(C)(C)C)cc4)c4ccc(C(C)(C)C)cc4)cc4c3B(c3cc5c(cc3N4c3ccc4c(c3)C(C)(C)CCC4(C)C)C(C)(C)CCC5(C)C)c3c1ccc1c3sc3cccc(C(C)(C)C)c31)C(C)(C)CCC2(C)C. The Morgan fingerprint density at radius 2 is 0.867 bits per heavy atom. The van der Waals surface area contributed by atoms with E-state index in [1.54, 1.807) is 0 Å². The van der Waals surface area contributed by atoms with Gasteiger partial charge in [-0.05, 0) is 239 Å². The number of fused-ring (bicyclic) bond motifs is 11. The summed E-state index contributed by atoms with van der Waals surface area (Å²) in [7, 11) is 0. The molecule has 2 aliphatic heterocycles. The van der Waals surface area contributed by atoms with Crippen LogP contribution >= 0.6 is 11.3 Å². The van der Waals surface area contributed by atoms with Gasteiger partial charge in [0.25, 0.3) is 6.71 Å². The highest BCUT2D eigenvalue weighted by atomic mass is 32.1. The average molecular weight is 1210 g/mol. The van der Waals surface area contributed by atoms with Crippen LogP contribution in [0.1, 0.15) is 240 Å². The van der Waals surface area contributed by atoms with Gasteiger partial charge in [-0.1, -0.05) is 206 Å². The Bertz CT molecular complexity index is 4380. The predicted molar refractivity (Wildman–Crippen MR) is 395 cm³/mol. The van der Waals surface area contributed by atoms with Crippen LogP contribution in [-0.2, 0) is 48.7 Å². The molecule has 0 amide bonds. The monoisotopic (exact) mass is 1210 g/mol. The van der Waals surface area contributed by atoms with Crippen LogP contribution in [0.4, 0.5) is 51.2 Å². The van der Waals surface area contributed by atoms with Gasteiger partial charge in [-0.3, -0.25) is 0 Å². The third-order valence-electron chi connectivity index (χ3n) is 23.2. The van der Waals surface area contributed by atoms with Crippen LogP contribution in [0.2, 0.25) is 0 Å². The lowest BCUT2D eigenvalue weighted by atomic mass is 9.33. The third kappa shape index (κ3) is 9.43. The van der Waals surface area contributed by atoms with Gasteiger partial charge in [-0.15, -0.1) is 11.3 Å². The summed E-state index contributed by atoms with van der Waals surface area (Å²) in [5, 5.41) is 2.78. The van der Waals surface area contributed by atoms with E-state index in [0.717, 1.165) is 42.7 Å². The molecule has 3 nitrogen and oxygen atoms in total. The van der Waals surface area contributed by atoms with E-state index in [1.165, 1.54) is 139 Å². The Labute approximate surface area is 545 Å². The summed E-state index contributed by atoms with van der Waals surface area (Å²) >= 11 is 2.03. The van der Waals surface area contributed by atoms with Crippen molar-refractivity contribution < 1.29 is 0 Å². The minimum Gasteiger partial charge on any atom is -0.311 e. The second kappa shape index (κ2) is 19.7. The van der Waals surface area contributed by atoms with Crippen molar-refractivity contribution in [2.45, 2.75) is 240 Å². The van der Waals surface area contributed by atoms with Gasteiger partial charge in [-0.25, -0.2) is 0 Å². The summed E-state index contributed by atoms with van der Waals surface area (Å²) in [6.07, 6.45) is 6.93. The first-order chi connectivity index (χ1) is 41.9. The first kappa shape index (κ1) is 61.0. The van der Waals surface area contributed by atoms with Crippen molar-refractivity contribution in [2.75, 3.05) is 14.7 Å². The van der Waals surface area contributed by atoms with Gasteiger partial charge in [0.15, 0.2) is 0 Å². The minimum atomic E-state index is -0.0885. The summed E-state index contributed by atoms with van der Waals surface area (Å²) in [5.74, 6) is 0. The zero-order valence-corrected chi connectivity index (χ0v) is 59.6. The summed E-state index contributed by atoms with van der Waals surface area (Å²) in [6.45, 7) is 53.5. The maximum absolute atomic E-state index is 2.78. The van der Waals surface area contributed by atoms with Gasteiger partial charge in [0.2, 0.25) is 0 Å². The van der Waals surface area contributed by atoms with E-state index in [9.17, 15) is 0 Å². The largest absolute Gasteiger partial charge is 0.311 e. The topological polar surface area (TPSA) is 9.72 Å². The van der Waals surface area contributed by atoms with E-state index in [4.69, 9.17) is 0 Å². The number of hydrogen-bond donors (Lipinski definition) is 0. The molecular formula is C85H100BN3S. The summed E-state index contributed by atoms with van der Waals surface area (Å²) in [6, 6.07) is 54.9. The fourth-order valence-corrected chi connectivity index (χ4v) is 18.3. The Hall–Kier alpha value is -6.56. The molecule has 0 saturated carbocycles. The van der Waals surface area contributed by atoms with Crippen LogP contribution in [0, 0.1) is 6.92 Å². The molecule has 3 aliphatic carbocycles. The Balaban J connectivity index is 1.18. The second-order valence-corrected chi connectivity index (χ2v) is 36.6. The van der Waals surface area contributed by atoms with Crippen molar-refractivity contribution in [1.29, 1.82) is 0 Å². The maximum Gasteiger partial charge on any atom is 0.254 e. The molecule has 8 aromatic carbocycles. The minimum absolute atomic E-state index is 0.00113. The zero-order valence-electron chi connectivity index (χ0n) is 58.8. The molecule has 3 heterocycles. The molecule has 9 aromatic rings. The van der Waals surface area contributed by atoms with Gasteiger partial charge in [-0.2, -0.15) is 0 Å². The zero-order chi connectivity index (χ0) is 64.3. The van der Waals surface area contributed by atoms with Crippen LogP contribution < -0.4 is 31.1 Å². The van der Waals surface area contributed by atoms with E-state index in [2.05, 4.69) is 300 Å². The number of hydrogen-bond acceptors (Lipinski definition) is 4. The Kier molecular flexibility index (Phi) is 13.4.